The van der Waals surface area contributed by atoms with Crippen LogP contribution >= 0.6 is 12.2 Å². The number of aromatic hydroxyl groups is 1. The number of azo groups is 1. The molecule has 1 aliphatic heterocycles. The number of aryl methyl sites for hydroxylation is 1. The van der Waals surface area contributed by atoms with Gasteiger partial charge in [0.15, 0.2) is 5.69 Å². The molecule has 0 saturated carbocycles. The van der Waals surface area contributed by atoms with Gasteiger partial charge in [0, 0.05) is 25.1 Å². The summed E-state index contributed by atoms with van der Waals surface area (Å²) in [5, 5.41) is 22.7. The van der Waals surface area contributed by atoms with E-state index in [2.05, 4.69) is 15.5 Å². The number of benzene rings is 1. The lowest BCUT2D eigenvalue weighted by molar-refractivity contribution is 0.114. The number of hydrogen-bond acceptors (Lipinski definition) is 4. The van der Waals surface area contributed by atoms with Gasteiger partial charge in [-0.1, -0.05) is 18.2 Å². The summed E-state index contributed by atoms with van der Waals surface area (Å²) in [7, 11) is 0. The van der Waals surface area contributed by atoms with E-state index >= 15 is 0 Å². The second kappa shape index (κ2) is 7.06. The van der Waals surface area contributed by atoms with Crippen molar-refractivity contribution in [2.24, 2.45) is 10.2 Å². The quantitative estimate of drug-likeness (QED) is 0.664. The first kappa shape index (κ1) is 15.9. The second-order valence-electron chi connectivity index (χ2n) is 5.45. The number of nitrogens with one attached hydrogen (secondary N) is 1. The van der Waals surface area contributed by atoms with Crippen LogP contribution in [0.25, 0.3) is 10.9 Å². The maximum atomic E-state index is 10.4. The van der Waals surface area contributed by atoms with Gasteiger partial charge in [-0.2, -0.15) is 0 Å². The smallest absolute Gasteiger partial charge is 0.220 e. The third-order valence-corrected chi connectivity index (χ3v) is 4.21. The molecular formula is C16H20N4O2S. The van der Waals surface area contributed by atoms with E-state index in [9.17, 15) is 5.11 Å². The van der Waals surface area contributed by atoms with E-state index in [1.54, 1.807) is 4.57 Å². The first-order chi connectivity index (χ1) is 11.2. The van der Waals surface area contributed by atoms with Crippen molar-refractivity contribution in [2.45, 2.75) is 32.4 Å². The zero-order chi connectivity index (χ0) is 16.2. The highest BCUT2D eigenvalue weighted by Crippen LogP contribution is 2.38. The van der Waals surface area contributed by atoms with E-state index in [1.165, 1.54) is 0 Å². The summed E-state index contributed by atoms with van der Waals surface area (Å²) in [6.07, 6.45) is 2.32. The maximum absolute atomic E-state index is 10.4. The van der Waals surface area contributed by atoms with Gasteiger partial charge >= 0.3 is 0 Å². The van der Waals surface area contributed by atoms with Gasteiger partial charge in [-0.3, -0.25) is 0 Å². The highest BCUT2D eigenvalue weighted by Gasteiger charge is 2.16. The van der Waals surface area contributed by atoms with Crippen LogP contribution in [0, 0.1) is 0 Å². The minimum Gasteiger partial charge on any atom is -0.493 e. The molecule has 0 radical (unpaired) electrons. The molecule has 122 valence electrons. The molecule has 0 amide bonds. The van der Waals surface area contributed by atoms with Gasteiger partial charge in [-0.25, -0.2) is 0 Å². The van der Waals surface area contributed by atoms with Gasteiger partial charge in [0.25, 0.3) is 0 Å². The molecule has 1 atom stereocenters. The van der Waals surface area contributed by atoms with Crippen molar-refractivity contribution >= 4 is 33.9 Å². The summed E-state index contributed by atoms with van der Waals surface area (Å²) in [6.45, 7) is 4.08. The Kier molecular flexibility index (Phi) is 4.88. The van der Waals surface area contributed by atoms with Gasteiger partial charge in [-0.05, 0) is 38.0 Å². The molecule has 0 unspecified atom stereocenters. The number of nitrogens with zero attached hydrogens (tertiary/aromatic N) is 3. The van der Waals surface area contributed by atoms with Crippen molar-refractivity contribution in [3.8, 4) is 5.88 Å². The molecule has 0 bridgehead atoms. The van der Waals surface area contributed by atoms with Gasteiger partial charge < -0.3 is 19.7 Å². The van der Waals surface area contributed by atoms with Gasteiger partial charge in [0.05, 0.1) is 11.6 Å². The lowest BCUT2D eigenvalue weighted by Gasteiger charge is -2.09. The average molecular weight is 332 g/mol. The minimum atomic E-state index is 0.111. The summed E-state index contributed by atoms with van der Waals surface area (Å²) in [6, 6.07) is 7.71. The predicted octanol–water partition coefficient (Wildman–Crippen LogP) is 3.50. The number of rotatable bonds is 4. The molecule has 2 aromatic rings. The number of ether oxygens (including phenoxy) is 1. The van der Waals surface area contributed by atoms with Crippen LogP contribution in [-0.4, -0.2) is 34.0 Å². The molecule has 7 heteroatoms. The molecular weight excluding hydrogens is 312 g/mol. The summed E-state index contributed by atoms with van der Waals surface area (Å²) >= 11 is 5.17. The largest absolute Gasteiger partial charge is 0.493 e. The summed E-state index contributed by atoms with van der Waals surface area (Å²) < 4.78 is 7.32. The summed E-state index contributed by atoms with van der Waals surface area (Å²) in [4.78, 5) is 0. The molecule has 1 aliphatic rings. The lowest BCUT2D eigenvalue weighted by atomic mass is 10.2. The Morgan fingerprint density at radius 2 is 2.30 bits per heavy atom. The minimum absolute atomic E-state index is 0.111. The number of thiocarbonyl (C=S) groups is 1. The molecule has 1 aromatic heterocycles. The van der Waals surface area contributed by atoms with Gasteiger partial charge in [0.2, 0.25) is 11.0 Å². The second-order valence-corrected chi connectivity index (χ2v) is 5.84. The number of fused-ring (bicyclic) bond motifs is 1. The number of aromatic nitrogens is 1. The first-order valence-electron chi connectivity index (χ1n) is 7.82. The normalized spacial score (nSPS) is 18.0. The Morgan fingerprint density at radius 3 is 3.04 bits per heavy atom. The topological polar surface area (TPSA) is 71.1 Å². The van der Waals surface area contributed by atoms with Gasteiger partial charge in [-0.15, -0.1) is 10.2 Å². The summed E-state index contributed by atoms with van der Waals surface area (Å²) in [5.74, 6) is 0.111. The molecule has 1 saturated heterocycles. The molecule has 2 heterocycles. The Hall–Kier alpha value is -1.99. The van der Waals surface area contributed by atoms with Crippen LogP contribution in [0.5, 0.6) is 5.88 Å². The molecule has 0 spiro atoms. The first-order valence-corrected chi connectivity index (χ1v) is 8.23. The van der Waals surface area contributed by atoms with Crippen LogP contribution in [-0.2, 0) is 11.3 Å². The van der Waals surface area contributed by atoms with E-state index in [-0.39, 0.29) is 12.0 Å². The Labute approximate surface area is 140 Å². The van der Waals surface area contributed by atoms with Crippen LogP contribution < -0.4 is 5.32 Å². The molecule has 3 rings (SSSR count). The Morgan fingerprint density at radius 1 is 1.48 bits per heavy atom. The highest BCUT2D eigenvalue weighted by molar-refractivity contribution is 7.80. The van der Waals surface area contributed by atoms with Crippen LogP contribution in [0.1, 0.15) is 19.8 Å². The predicted molar refractivity (Wildman–Crippen MR) is 93.4 cm³/mol. The fourth-order valence-corrected chi connectivity index (χ4v) is 2.95. The summed E-state index contributed by atoms with van der Waals surface area (Å²) in [5.41, 5.74) is 1.38. The Bertz CT molecular complexity index is 735. The van der Waals surface area contributed by atoms with Crippen molar-refractivity contribution in [1.82, 2.24) is 9.88 Å². The van der Waals surface area contributed by atoms with Gasteiger partial charge in [0.1, 0.15) is 0 Å². The molecule has 1 aromatic carbocycles. The van der Waals surface area contributed by atoms with Crippen LogP contribution in [0.15, 0.2) is 34.5 Å². The fraction of sp³-hybridized carbons (Fsp3) is 0.438. The third kappa shape index (κ3) is 3.35. The molecule has 2 N–H and O–H groups in total. The third-order valence-electron chi connectivity index (χ3n) is 3.98. The van der Waals surface area contributed by atoms with Crippen molar-refractivity contribution in [3.63, 3.8) is 0 Å². The number of hydrogen-bond donors (Lipinski definition) is 2. The zero-order valence-corrected chi connectivity index (χ0v) is 13.8. The fourth-order valence-electron chi connectivity index (χ4n) is 2.83. The molecule has 6 nitrogen and oxygen atoms in total. The van der Waals surface area contributed by atoms with Crippen molar-refractivity contribution in [2.75, 3.05) is 13.2 Å². The van der Waals surface area contributed by atoms with Crippen molar-refractivity contribution in [3.05, 3.63) is 24.3 Å². The van der Waals surface area contributed by atoms with Crippen LogP contribution in [0.4, 0.5) is 5.69 Å². The van der Waals surface area contributed by atoms with E-state index in [4.69, 9.17) is 17.0 Å². The zero-order valence-electron chi connectivity index (χ0n) is 13.0. The van der Waals surface area contributed by atoms with E-state index in [0.29, 0.717) is 23.9 Å². The van der Waals surface area contributed by atoms with E-state index in [0.717, 1.165) is 30.4 Å². The van der Waals surface area contributed by atoms with E-state index < -0.39 is 0 Å². The molecule has 23 heavy (non-hydrogen) atoms. The van der Waals surface area contributed by atoms with Crippen molar-refractivity contribution < 1.29 is 9.84 Å². The molecule has 1 fully saturated rings. The lowest BCUT2D eigenvalue weighted by Crippen LogP contribution is -2.29. The highest BCUT2D eigenvalue weighted by atomic mass is 32.1. The number of para-hydroxylation sites is 1. The molecule has 0 aliphatic carbocycles. The van der Waals surface area contributed by atoms with Crippen molar-refractivity contribution in [1.29, 1.82) is 0 Å². The van der Waals surface area contributed by atoms with E-state index in [1.807, 2.05) is 31.2 Å². The SMILES string of the molecule is CCn1c(O)c(N=NC(=S)NC[C@H]2CCCO2)c2ccccc21. The monoisotopic (exact) mass is 332 g/mol. The average Bonchev–Trinajstić information content (AvgIpc) is 3.17. The maximum Gasteiger partial charge on any atom is 0.220 e. The standard InChI is InChI=1S/C16H20N4O2S/c1-2-20-13-8-4-3-7-12(13)14(15(20)21)18-19-16(23)17-10-11-6-5-9-22-11/h3-4,7-8,11,21H,2,5-6,9-10H2,1H3,(H,17,23)/t11-/m1/s1. The Balaban J connectivity index is 1.75. The van der Waals surface area contributed by atoms with Crippen LogP contribution in [0.2, 0.25) is 0 Å². The van der Waals surface area contributed by atoms with Crippen LogP contribution in [0.3, 0.4) is 0 Å².